The lowest BCUT2D eigenvalue weighted by Crippen LogP contribution is -2.61. The highest BCUT2D eigenvalue weighted by Gasteiger charge is 2.51. The minimum atomic E-state index is -0.326. The Hall–Kier alpha value is -1.10. The number of nitrogens with two attached hydrogens (primary N) is 1. The molecule has 5 nitrogen and oxygen atoms in total. The lowest BCUT2D eigenvalue weighted by Gasteiger charge is -2.46. The Bertz CT molecular complexity index is 379. The highest BCUT2D eigenvalue weighted by atomic mass is 16.2. The number of carbonyl (C=O) groups excluding carboxylic acids is 1. The van der Waals surface area contributed by atoms with Crippen molar-refractivity contribution < 1.29 is 4.79 Å². The summed E-state index contributed by atoms with van der Waals surface area (Å²) in [6, 6.07) is 0.269. The number of hydrogen-bond donors (Lipinski definition) is 1. The largest absolute Gasteiger partial charge is 0.385 e. The zero-order valence-electron chi connectivity index (χ0n) is 11.8. The predicted octanol–water partition coefficient (Wildman–Crippen LogP) is 1.29. The Balaban J connectivity index is 2.27. The molecule has 102 valence electrons. The first-order chi connectivity index (χ1) is 8.36. The molecule has 0 aliphatic carbocycles. The van der Waals surface area contributed by atoms with Crippen LogP contribution in [0, 0.1) is 5.92 Å². The molecule has 2 rings (SSSR count). The maximum atomic E-state index is 12.0. The second kappa shape index (κ2) is 4.53. The van der Waals surface area contributed by atoms with Crippen LogP contribution in [0.5, 0.6) is 0 Å². The van der Waals surface area contributed by atoms with Gasteiger partial charge in [-0.2, -0.15) is 4.99 Å². The number of hydrogen-bond acceptors (Lipinski definition) is 3. The smallest absolute Gasteiger partial charge is 0.346 e. The van der Waals surface area contributed by atoms with Crippen molar-refractivity contribution in [2.45, 2.75) is 45.2 Å². The zero-order chi connectivity index (χ0) is 13.5. The van der Waals surface area contributed by atoms with Gasteiger partial charge in [0.05, 0.1) is 0 Å². The van der Waals surface area contributed by atoms with Gasteiger partial charge >= 0.3 is 6.03 Å². The molecular formula is C13H24N4O. The van der Waals surface area contributed by atoms with Crippen LogP contribution in [0.25, 0.3) is 0 Å². The average Bonchev–Trinajstić information content (AvgIpc) is 2.48. The number of amides is 2. The number of likely N-dealkylation sites (tertiary alicyclic amines) is 1. The Kier molecular flexibility index (Phi) is 3.36. The molecule has 1 saturated heterocycles. The molecule has 0 aromatic heterocycles. The number of piperidine rings is 1. The summed E-state index contributed by atoms with van der Waals surface area (Å²) in [7, 11) is 2.12. The minimum Gasteiger partial charge on any atom is -0.385 e. The standard InChI is InChI=1S/C13H24N4O/c1-9(2)8-17-12(18)15-11(14)13(17)5-6-16(4)10(3)7-13/h9-10H,5-8H2,1-4H3,(H2,14,15,18). The topological polar surface area (TPSA) is 61.9 Å². The van der Waals surface area contributed by atoms with Gasteiger partial charge in [-0.3, -0.25) is 0 Å². The molecular weight excluding hydrogens is 228 g/mol. The SMILES string of the molecule is CC(C)CN1C(=O)N=C(N)C12CCN(C)C(C)C2. The quantitative estimate of drug-likeness (QED) is 0.805. The van der Waals surface area contributed by atoms with Crippen molar-refractivity contribution in [3.8, 4) is 0 Å². The van der Waals surface area contributed by atoms with E-state index in [1.165, 1.54) is 0 Å². The summed E-state index contributed by atoms with van der Waals surface area (Å²) in [5.74, 6) is 0.954. The first-order valence-electron chi connectivity index (χ1n) is 6.73. The van der Waals surface area contributed by atoms with Gasteiger partial charge in [0.25, 0.3) is 0 Å². The number of urea groups is 1. The zero-order valence-corrected chi connectivity index (χ0v) is 11.8. The molecule has 2 aliphatic rings. The van der Waals surface area contributed by atoms with E-state index in [2.05, 4.69) is 37.7 Å². The van der Waals surface area contributed by atoms with E-state index in [1.54, 1.807) is 0 Å². The lowest BCUT2D eigenvalue weighted by atomic mass is 9.81. The van der Waals surface area contributed by atoms with Gasteiger partial charge in [0.1, 0.15) is 11.4 Å². The molecule has 18 heavy (non-hydrogen) atoms. The second-order valence-electron chi connectivity index (χ2n) is 6.10. The molecule has 0 saturated carbocycles. The van der Waals surface area contributed by atoms with Crippen molar-refractivity contribution in [3.63, 3.8) is 0 Å². The molecule has 1 spiro atoms. The van der Waals surface area contributed by atoms with Crippen molar-refractivity contribution in [2.75, 3.05) is 20.1 Å². The monoisotopic (exact) mass is 252 g/mol. The first kappa shape index (κ1) is 13.3. The highest BCUT2D eigenvalue weighted by molar-refractivity contribution is 6.06. The lowest BCUT2D eigenvalue weighted by molar-refractivity contribution is 0.0748. The molecule has 0 radical (unpaired) electrons. The maximum Gasteiger partial charge on any atom is 0.346 e. The summed E-state index contributed by atoms with van der Waals surface area (Å²) in [4.78, 5) is 20.3. The molecule has 1 fully saturated rings. The molecule has 2 atom stereocenters. The van der Waals surface area contributed by atoms with Gasteiger partial charge in [0.2, 0.25) is 0 Å². The van der Waals surface area contributed by atoms with Crippen molar-refractivity contribution in [1.82, 2.24) is 9.80 Å². The maximum absolute atomic E-state index is 12.0. The van der Waals surface area contributed by atoms with Gasteiger partial charge in [-0.25, -0.2) is 4.79 Å². The highest BCUT2D eigenvalue weighted by Crippen LogP contribution is 2.36. The molecule has 2 amide bonds. The number of nitrogens with zero attached hydrogens (tertiary/aromatic N) is 3. The van der Waals surface area contributed by atoms with Gasteiger partial charge in [-0.1, -0.05) is 13.8 Å². The molecule has 2 heterocycles. The molecule has 2 aliphatic heterocycles. The van der Waals surface area contributed by atoms with Crippen LogP contribution in [0.4, 0.5) is 4.79 Å². The summed E-state index contributed by atoms with van der Waals surface area (Å²) in [6.07, 6.45) is 1.78. The average molecular weight is 252 g/mol. The Labute approximate surface area is 109 Å². The van der Waals surface area contributed by atoms with Crippen LogP contribution in [0.1, 0.15) is 33.6 Å². The summed E-state index contributed by atoms with van der Waals surface area (Å²) in [5, 5.41) is 0. The van der Waals surface area contributed by atoms with Gasteiger partial charge in [-0.05, 0) is 32.7 Å². The van der Waals surface area contributed by atoms with E-state index in [1.807, 2.05) is 4.90 Å². The van der Waals surface area contributed by atoms with E-state index in [-0.39, 0.29) is 11.6 Å². The van der Waals surface area contributed by atoms with Gasteiger partial charge in [0, 0.05) is 19.1 Å². The van der Waals surface area contributed by atoms with E-state index in [0.29, 0.717) is 17.8 Å². The van der Waals surface area contributed by atoms with Crippen LogP contribution in [-0.4, -0.2) is 53.4 Å². The summed E-state index contributed by atoms with van der Waals surface area (Å²) in [5.41, 5.74) is 5.75. The third-order valence-electron chi connectivity index (χ3n) is 4.25. The normalized spacial score (nSPS) is 33.6. The van der Waals surface area contributed by atoms with Crippen molar-refractivity contribution in [1.29, 1.82) is 0 Å². The number of aliphatic imine (C=N–C) groups is 1. The van der Waals surface area contributed by atoms with Gasteiger partial charge in [-0.15, -0.1) is 0 Å². The number of amidine groups is 1. The van der Waals surface area contributed by atoms with E-state index in [4.69, 9.17) is 5.73 Å². The summed E-state index contributed by atoms with van der Waals surface area (Å²) in [6.45, 7) is 8.12. The molecule has 0 aromatic rings. The summed E-state index contributed by atoms with van der Waals surface area (Å²) >= 11 is 0. The van der Waals surface area contributed by atoms with Crippen LogP contribution in [-0.2, 0) is 0 Å². The Morgan fingerprint density at radius 1 is 1.56 bits per heavy atom. The molecule has 0 bridgehead atoms. The van der Waals surface area contributed by atoms with Crippen molar-refractivity contribution in [2.24, 2.45) is 16.6 Å². The third-order valence-corrected chi connectivity index (χ3v) is 4.25. The third kappa shape index (κ3) is 2.00. The van der Waals surface area contributed by atoms with Crippen LogP contribution in [0.3, 0.4) is 0 Å². The number of carbonyl (C=O) groups is 1. The predicted molar refractivity (Wildman–Crippen MR) is 72.6 cm³/mol. The molecule has 5 heteroatoms. The van der Waals surface area contributed by atoms with E-state index in [0.717, 1.165) is 25.9 Å². The van der Waals surface area contributed by atoms with Crippen LogP contribution < -0.4 is 5.73 Å². The van der Waals surface area contributed by atoms with E-state index < -0.39 is 0 Å². The second-order valence-corrected chi connectivity index (χ2v) is 6.10. The summed E-state index contributed by atoms with van der Waals surface area (Å²) < 4.78 is 0. The first-order valence-corrected chi connectivity index (χ1v) is 6.73. The Morgan fingerprint density at radius 3 is 2.78 bits per heavy atom. The van der Waals surface area contributed by atoms with E-state index in [9.17, 15) is 4.79 Å². The fourth-order valence-corrected chi connectivity index (χ4v) is 3.01. The fraction of sp³-hybridized carbons (Fsp3) is 0.846. The van der Waals surface area contributed by atoms with E-state index >= 15 is 0 Å². The minimum absolute atomic E-state index is 0.155. The fourth-order valence-electron chi connectivity index (χ4n) is 3.01. The van der Waals surface area contributed by atoms with Crippen LogP contribution >= 0.6 is 0 Å². The number of rotatable bonds is 2. The van der Waals surface area contributed by atoms with Gasteiger partial charge < -0.3 is 15.5 Å². The van der Waals surface area contributed by atoms with Gasteiger partial charge in [0.15, 0.2) is 0 Å². The van der Waals surface area contributed by atoms with Crippen LogP contribution in [0.15, 0.2) is 4.99 Å². The van der Waals surface area contributed by atoms with Crippen molar-refractivity contribution in [3.05, 3.63) is 0 Å². The molecule has 2 N–H and O–H groups in total. The Morgan fingerprint density at radius 2 is 2.22 bits per heavy atom. The molecule has 0 aromatic carbocycles. The molecule has 2 unspecified atom stereocenters. The van der Waals surface area contributed by atoms with Crippen LogP contribution in [0.2, 0.25) is 0 Å². The van der Waals surface area contributed by atoms with Crippen molar-refractivity contribution >= 4 is 11.9 Å².